The smallest absolute Gasteiger partial charge is 0.455 e. The zero-order chi connectivity index (χ0) is 15.2. The average Bonchev–Trinajstić information content (AvgIpc) is 3.04. The number of ether oxygens (including phenoxy) is 2. The Labute approximate surface area is 117 Å². The summed E-state index contributed by atoms with van der Waals surface area (Å²) in [6.07, 6.45) is 0.0854. The van der Waals surface area contributed by atoms with Crippen molar-refractivity contribution in [2.24, 2.45) is 0 Å². The number of carbonyl (C=O) groups is 3. The molecule has 0 aromatic heterocycles. The van der Waals surface area contributed by atoms with E-state index in [9.17, 15) is 14.4 Å². The Balaban J connectivity index is 2.62. The second-order valence-electron chi connectivity index (χ2n) is 4.24. The fourth-order valence-electron chi connectivity index (χ4n) is 1.45. The predicted molar refractivity (Wildman–Crippen MR) is 66.4 cm³/mol. The van der Waals surface area contributed by atoms with Gasteiger partial charge in [-0.1, -0.05) is 0 Å². The number of carbonyl (C=O) groups excluding carboxylic acids is 3. The first-order valence-electron chi connectivity index (χ1n) is 6.11. The standard InChI is InChI=1S/C11H18O8Si/c1-8(12)17-20(18-9(2)13,19-10(3)14)5-4-15-6-11-7-16-11/h11H,4-7H2,1-3H3. The fraction of sp³-hybridized carbons (Fsp3) is 0.727. The summed E-state index contributed by atoms with van der Waals surface area (Å²) in [7, 11) is -3.75. The summed E-state index contributed by atoms with van der Waals surface area (Å²) in [5, 5.41) is 0. The van der Waals surface area contributed by atoms with Crippen molar-refractivity contribution in [3.63, 3.8) is 0 Å². The van der Waals surface area contributed by atoms with Gasteiger partial charge < -0.3 is 22.8 Å². The lowest BCUT2D eigenvalue weighted by Crippen LogP contribution is -2.50. The van der Waals surface area contributed by atoms with Crippen LogP contribution >= 0.6 is 0 Å². The molecule has 0 aliphatic carbocycles. The Kier molecular flexibility index (Phi) is 6.11. The van der Waals surface area contributed by atoms with Gasteiger partial charge >= 0.3 is 8.80 Å². The van der Waals surface area contributed by atoms with E-state index in [0.29, 0.717) is 13.2 Å². The molecule has 1 rings (SSSR count). The van der Waals surface area contributed by atoms with Crippen LogP contribution in [0, 0.1) is 0 Å². The van der Waals surface area contributed by atoms with E-state index in [2.05, 4.69) is 0 Å². The molecular weight excluding hydrogens is 288 g/mol. The van der Waals surface area contributed by atoms with Crippen LogP contribution in [0.15, 0.2) is 0 Å². The van der Waals surface area contributed by atoms with Gasteiger partial charge in [0.15, 0.2) is 0 Å². The SMILES string of the molecule is CC(=O)O[Si](CCOCC1CO1)(OC(C)=O)OC(C)=O. The molecule has 0 N–H and O–H groups in total. The van der Waals surface area contributed by atoms with E-state index >= 15 is 0 Å². The van der Waals surface area contributed by atoms with Crippen molar-refractivity contribution in [1.82, 2.24) is 0 Å². The highest BCUT2D eigenvalue weighted by molar-refractivity contribution is 6.65. The highest BCUT2D eigenvalue weighted by Crippen LogP contribution is 2.18. The van der Waals surface area contributed by atoms with E-state index in [1.165, 1.54) is 0 Å². The van der Waals surface area contributed by atoms with Crippen molar-refractivity contribution >= 4 is 26.7 Å². The van der Waals surface area contributed by atoms with E-state index in [1.54, 1.807) is 0 Å². The van der Waals surface area contributed by atoms with Crippen LogP contribution in [0.1, 0.15) is 20.8 Å². The van der Waals surface area contributed by atoms with E-state index in [0.717, 1.165) is 20.8 Å². The van der Waals surface area contributed by atoms with Crippen molar-refractivity contribution in [2.75, 3.05) is 19.8 Å². The maximum atomic E-state index is 11.1. The topological polar surface area (TPSA) is 101 Å². The Morgan fingerprint density at radius 1 is 1.05 bits per heavy atom. The molecule has 0 radical (unpaired) electrons. The van der Waals surface area contributed by atoms with Crippen LogP contribution in [0.4, 0.5) is 0 Å². The lowest BCUT2D eigenvalue weighted by molar-refractivity contribution is -0.148. The van der Waals surface area contributed by atoms with Crippen molar-refractivity contribution in [1.29, 1.82) is 0 Å². The lowest BCUT2D eigenvalue weighted by Gasteiger charge is -2.26. The Morgan fingerprint density at radius 3 is 1.85 bits per heavy atom. The van der Waals surface area contributed by atoms with Crippen molar-refractivity contribution in [2.45, 2.75) is 32.9 Å². The molecule has 1 fully saturated rings. The summed E-state index contributed by atoms with van der Waals surface area (Å²) in [5.41, 5.74) is 0. The first kappa shape index (κ1) is 16.6. The van der Waals surface area contributed by atoms with Gasteiger partial charge in [-0.05, 0) is 0 Å². The minimum atomic E-state index is -3.75. The molecule has 1 aliphatic heterocycles. The third-order valence-corrected chi connectivity index (χ3v) is 4.77. The van der Waals surface area contributed by atoms with Crippen LogP contribution in [-0.4, -0.2) is 52.6 Å². The molecule has 114 valence electrons. The van der Waals surface area contributed by atoms with Crippen molar-refractivity contribution in [3.05, 3.63) is 0 Å². The van der Waals surface area contributed by atoms with Gasteiger partial charge in [-0.3, -0.25) is 14.4 Å². The maximum absolute atomic E-state index is 11.1. The molecule has 9 heteroatoms. The summed E-state index contributed by atoms with van der Waals surface area (Å²) in [6, 6.07) is 0.0124. The second-order valence-corrected chi connectivity index (χ2v) is 6.72. The van der Waals surface area contributed by atoms with Crippen molar-refractivity contribution < 1.29 is 37.1 Å². The quantitative estimate of drug-likeness (QED) is 0.352. The van der Waals surface area contributed by atoms with E-state index < -0.39 is 26.7 Å². The van der Waals surface area contributed by atoms with Crippen LogP contribution in [-0.2, 0) is 37.1 Å². The summed E-state index contributed by atoms with van der Waals surface area (Å²) in [6.45, 7) is 4.61. The zero-order valence-corrected chi connectivity index (χ0v) is 12.7. The maximum Gasteiger partial charge on any atom is 0.707 e. The molecule has 0 spiro atoms. The molecular formula is C11H18O8Si. The van der Waals surface area contributed by atoms with Gasteiger partial charge in [-0.15, -0.1) is 0 Å². The molecule has 1 unspecified atom stereocenters. The monoisotopic (exact) mass is 306 g/mol. The average molecular weight is 306 g/mol. The van der Waals surface area contributed by atoms with Gasteiger partial charge in [0.05, 0.1) is 25.9 Å². The van der Waals surface area contributed by atoms with Gasteiger partial charge in [-0.25, -0.2) is 0 Å². The third kappa shape index (κ3) is 6.64. The van der Waals surface area contributed by atoms with Gasteiger partial charge in [0.2, 0.25) is 0 Å². The first-order chi connectivity index (χ1) is 9.33. The molecule has 20 heavy (non-hydrogen) atoms. The minimum absolute atomic E-state index is 0.0124. The number of hydrogen-bond donors (Lipinski definition) is 0. The van der Waals surface area contributed by atoms with Crippen LogP contribution in [0.2, 0.25) is 6.04 Å². The minimum Gasteiger partial charge on any atom is -0.455 e. The highest BCUT2D eigenvalue weighted by Gasteiger charge is 2.51. The lowest BCUT2D eigenvalue weighted by atomic mass is 10.5. The first-order valence-corrected chi connectivity index (χ1v) is 8.04. The van der Waals surface area contributed by atoms with Crippen LogP contribution in [0.25, 0.3) is 0 Å². The summed E-state index contributed by atoms with van der Waals surface area (Å²) < 4.78 is 25.2. The van der Waals surface area contributed by atoms with E-state index in [4.69, 9.17) is 22.8 Å². The number of epoxide rings is 1. The number of hydrogen-bond acceptors (Lipinski definition) is 8. The summed E-state index contributed by atoms with van der Waals surface area (Å²) >= 11 is 0. The third-order valence-electron chi connectivity index (χ3n) is 2.16. The highest BCUT2D eigenvalue weighted by atomic mass is 28.4. The Bertz CT molecular complexity index is 338. The van der Waals surface area contributed by atoms with Gasteiger partial charge in [0, 0.05) is 20.8 Å². The van der Waals surface area contributed by atoms with Gasteiger partial charge in [0.1, 0.15) is 6.10 Å². The second kappa shape index (κ2) is 7.36. The number of rotatable bonds is 8. The predicted octanol–water partition coefficient (Wildman–Crippen LogP) is 0.0300. The molecule has 0 amide bonds. The van der Waals surface area contributed by atoms with Crippen LogP contribution in [0.3, 0.4) is 0 Å². The molecule has 8 nitrogen and oxygen atoms in total. The summed E-state index contributed by atoms with van der Waals surface area (Å²) in [4.78, 5) is 33.4. The molecule has 1 atom stereocenters. The molecule has 1 aliphatic rings. The molecule has 0 bridgehead atoms. The van der Waals surface area contributed by atoms with Gasteiger partial charge in [-0.2, -0.15) is 0 Å². The summed E-state index contributed by atoms with van der Waals surface area (Å²) in [5.74, 6) is -2.07. The largest absolute Gasteiger partial charge is 0.707 e. The molecule has 0 aromatic rings. The normalized spacial score (nSPS) is 17.2. The van der Waals surface area contributed by atoms with E-state index in [-0.39, 0.29) is 18.8 Å². The van der Waals surface area contributed by atoms with E-state index in [1.807, 2.05) is 0 Å². The molecule has 1 heterocycles. The fourth-order valence-corrected chi connectivity index (χ4v) is 3.59. The zero-order valence-electron chi connectivity index (χ0n) is 11.7. The Hall–Kier alpha value is -1.45. The Morgan fingerprint density at radius 2 is 1.50 bits per heavy atom. The molecule has 0 saturated carbocycles. The molecule has 0 aromatic carbocycles. The van der Waals surface area contributed by atoms with Gasteiger partial charge in [0.25, 0.3) is 17.9 Å². The van der Waals surface area contributed by atoms with Crippen LogP contribution < -0.4 is 0 Å². The van der Waals surface area contributed by atoms with Crippen LogP contribution in [0.5, 0.6) is 0 Å². The van der Waals surface area contributed by atoms with Crippen molar-refractivity contribution in [3.8, 4) is 0 Å². The molecule has 1 saturated heterocycles.